The minimum Gasteiger partial charge on any atom is -0.394 e. The second kappa shape index (κ2) is 8.65. The summed E-state index contributed by atoms with van der Waals surface area (Å²) in [5.41, 5.74) is 1.26. The number of benzene rings is 2. The number of hydrogen-bond acceptors (Lipinski definition) is 6. The molecule has 0 amide bonds. The van der Waals surface area contributed by atoms with Crippen LogP contribution in [0.25, 0.3) is 0 Å². The van der Waals surface area contributed by atoms with Gasteiger partial charge in [-0.15, -0.1) is 0 Å². The normalized spacial score (nSPS) is 32.7. The van der Waals surface area contributed by atoms with E-state index in [2.05, 4.69) is 0 Å². The lowest BCUT2D eigenvalue weighted by Gasteiger charge is -2.48. The van der Waals surface area contributed by atoms with Crippen LogP contribution in [0.5, 0.6) is 0 Å². The Hall–Kier alpha value is -1.22. The number of aliphatic hydroxyl groups is 2. The van der Waals surface area contributed by atoms with E-state index in [1.165, 1.54) is 0 Å². The van der Waals surface area contributed by atoms with Crippen molar-refractivity contribution >= 4 is 23.2 Å². The molecule has 2 unspecified atom stereocenters. The molecule has 0 spiro atoms. The van der Waals surface area contributed by atoms with E-state index in [-0.39, 0.29) is 13.2 Å². The second-order valence-corrected chi connectivity index (χ2v) is 7.44. The van der Waals surface area contributed by atoms with Crippen LogP contribution in [-0.4, -0.2) is 47.8 Å². The summed E-state index contributed by atoms with van der Waals surface area (Å²) in [5.74, 6) is 0. The lowest BCUT2D eigenvalue weighted by Crippen LogP contribution is -2.60. The van der Waals surface area contributed by atoms with Crippen LogP contribution in [0.2, 0.25) is 10.0 Å². The third kappa shape index (κ3) is 3.79. The SMILES string of the molecule is OC[C@@H]1OC(c2ccccc2Cl)O[C@H]2[C@@H]1OC(c1ccccc1Cl)O[C@@H]2CO. The van der Waals surface area contributed by atoms with Gasteiger partial charge in [-0.1, -0.05) is 59.6 Å². The number of halogens is 2. The van der Waals surface area contributed by atoms with Crippen molar-refractivity contribution in [3.63, 3.8) is 0 Å². The van der Waals surface area contributed by atoms with Crippen molar-refractivity contribution in [2.75, 3.05) is 13.2 Å². The minimum atomic E-state index is -0.815. The molecule has 2 aliphatic rings. The van der Waals surface area contributed by atoms with Crippen LogP contribution in [0, 0.1) is 0 Å². The van der Waals surface area contributed by atoms with Crippen LogP contribution >= 0.6 is 23.2 Å². The molecule has 0 aromatic heterocycles. The molecule has 0 bridgehead atoms. The molecule has 6 atom stereocenters. The fourth-order valence-corrected chi connectivity index (χ4v) is 3.94. The topological polar surface area (TPSA) is 77.4 Å². The predicted octanol–water partition coefficient (Wildman–Crippen LogP) is 3.24. The summed E-state index contributed by atoms with van der Waals surface area (Å²) >= 11 is 12.5. The molecule has 150 valence electrons. The maximum Gasteiger partial charge on any atom is 0.186 e. The smallest absolute Gasteiger partial charge is 0.186 e. The first-order chi connectivity index (χ1) is 13.6. The van der Waals surface area contributed by atoms with Crippen LogP contribution in [0.4, 0.5) is 0 Å². The first-order valence-electron chi connectivity index (χ1n) is 8.94. The van der Waals surface area contributed by atoms with Crippen molar-refractivity contribution in [1.82, 2.24) is 0 Å². The zero-order valence-electron chi connectivity index (χ0n) is 14.8. The molecule has 2 aromatic carbocycles. The fourth-order valence-electron chi connectivity index (χ4n) is 3.49. The Morgan fingerprint density at radius 1 is 0.643 bits per heavy atom. The molecular weight excluding hydrogens is 407 g/mol. The van der Waals surface area contributed by atoms with Crippen molar-refractivity contribution < 1.29 is 29.2 Å². The number of hydrogen-bond donors (Lipinski definition) is 2. The van der Waals surface area contributed by atoms with E-state index < -0.39 is 37.0 Å². The highest BCUT2D eigenvalue weighted by atomic mass is 35.5. The number of aliphatic hydroxyl groups excluding tert-OH is 2. The molecular formula is C20H20Cl2O6. The minimum absolute atomic E-state index is 0.293. The van der Waals surface area contributed by atoms with Gasteiger partial charge in [0.25, 0.3) is 0 Å². The van der Waals surface area contributed by atoms with Crippen molar-refractivity contribution in [1.29, 1.82) is 0 Å². The van der Waals surface area contributed by atoms with Gasteiger partial charge >= 0.3 is 0 Å². The summed E-state index contributed by atoms with van der Waals surface area (Å²) in [6, 6.07) is 14.3. The average Bonchev–Trinajstić information content (AvgIpc) is 2.73. The first kappa shape index (κ1) is 20.1. The summed E-state index contributed by atoms with van der Waals surface area (Å²) < 4.78 is 23.9. The van der Waals surface area contributed by atoms with Gasteiger partial charge in [-0.05, 0) is 12.1 Å². The van der Waals surface area contributed by atoms with Crippen LogP contribution in [0.15, 0.2) is 48.5 Å². The van der Waals surface area contributed by atoms with E-state index in [0.717, 1.165) is 0 Å². The van der Waals surface area contributed by atoms with E-state index >= 15 is 0 Å². The van der Waals surface area contributed by atoms with Crippen molar-refractivity contribution in [3.8, 4) is 0 Å². The summed E-state index contributed by atoms with van der Waals surface area (Å²) in [4.78, 5) is 0. The van der Waals surface area contributed by atoms with Crippen molar-refractivity contribution in [2.45, 2.75) is 37.0 Å². The molecule has 2 heterocycles. The maximum absolute atomic E-state index is 9.91. The molecule has 6 nitrogen and oxygen atoms in total. The average molecular weight is 427 g/mol. The highest BCUT2D eigenvalue weighted by Gasteiger charge is 2.50. The second-order valence-electron chi connectivity index (χ2n) is 6.62. The molecule has 28 heavy (non-hydrogen) atoms. The van der Waals surface area contributed by atoms with Gasteiger partial charge in [0.1, 0.15) is 24.4 Å². The quantitative estimate of drug-likeness (QED) is 0.781. The van der Waals surface area contributed by atoms with Gasteiger partial charge in [0, 0.05) is 21.2 Å². The number of fused-ring (bicyclic) bond motifs is 1. The Morgan fingerprint density at radius 3 is 1.39 bits per heavy atom. The Balaban J connectivity index is 1.62. The van der Waals surface area contributed by atoms with Crippen LogP contribution in [0.3, 0.4) is 0 Å². The van der Waals surface area contributed by atoms with E-state index in [0.29, 0.717) is 21.2 Å². The lowest BCUT2D eigenvalue weighted by molar-refractivity contribution is -0.387. The summed E-state index contributed by atoms with van der Waals surface area (Å²) in [7, 11) is 0. The zero-order valence-corrected chi connectivity index (χ0v) is 16.3. The standard InChI is InChI=1S/C20H20Cl2O6/c21-13-7-3-1-5-11(13)19-25-15(9-23)18-17(27-19)16(10-24)26-20(28-18)12-6-2-4-8-14(12)22/h1-8,15-20,23-24H,9-10H2/t15-,16+,17-,18-,19?,20?/m1/s1. The van der Waals surface area contributed by atoms with Crippen molar-refractivity contribution in [3.05, 3.63) is 69.7 Å². The van der Waals surface area contributed by atoms with Gasteiger partial charge in [0.15, 0.2) is 12.6 Å². The van der Waals surface area contributed by atoms with Crippen LogP contribution in [-0.2, 0) is 18.9 Å². The fraction of sp³-hybridized carbons (Fsp3) is 0.400. The van der Waals surface area contributed by atoms with E-state index in [1.807, 2.05) is 12.1 Å². The molecule has 2 fully saturated rings. The molecule has 2 aromatic rings. The molecule has 2 aliphatic heterocycles. The largest absolute Gasteiger partial charge is 0.394 e. The summed E-state index contributed by atoms with van der Waals surface area (Å²) in [6.45, 7) is -0.586. The van der Waals surface area contributed by atoms with Gasteiger partial charge in [-0.25, -0.2) is 0 Å². The summed E-state index contributed by atoms with van der Waals surface area (Å²) in [5, 5.41) is 20.8. The van der Waals surface area contributed by atoms with Crippen molar-refractivity contribution in [2.24, 2.45) is 0 Å². The molecule has 0 saturated carbocycles. The molecule has 0 radical (unpaired) electrons. The molecule has 0 aliphatic carbocycles. The molecule has 2 saturated heterocycles. The van der Waals surface area contributed by atoms with E-state index in [4.69, 9.17) is 42.1 Å². The first-order valence-corrected chi connectivity index (χ1v) is 9.70. The van der Waals surface area contributed by atoms with Crippen LogP contribution in [0.1, 0.15) is 23.7 Å². The van der Waals surface area contributed by atoms with Gasteiger partial charge < -0.3 is 29.2 Å². The van der Waals surface area contributed by atoms with E-state index in [1.54, 1.807) is 36.4 Å². The monoisotopic (exact) mass is 426 g/mol. The van der Waals surface area contributed by atoms with Crippen LogP contribution < -0.4 is 0 Å². The predicted molar refractivity (Wildman–Crippen MR) is 102 cm³/mol. The lowest BCUT2D eigenvalue weighted by atomic mass is 9.98. The molecule has 8 heteroatoms. The number of ether oxygens (including phenoxy) is 4. The third-order valence-electron chi connectivity index (χ3n) is 4.89. The highest BCUT2D eigenvalue weighted by Crippen LogP contribution is 2.42. The van der Waals surface area contributed by atoms with E-state index in [9.17, 15) is 10.2 Å². The molecule has 2 N–H and O–H groups in total. The third-order valence-corrected chi connectivity index (χ3v) is 5.58. The van der Waals surface area contributed by atoms with Gasteiger partial charge in [0.2, 0.25) is 0 Å². The Morgan fingerprint density at radius 2 is 1.04 bits per heavy atom. The molecule has 4 rings (SSSR count). The summed E-state index contributed by atoms with van der Waals surface area (Å²) in [6.07, 6.45) is -4.33. The maximum atomic E-state index is 9.91. The van der Waals surface area contributed by atoms with Gasteiger partial charge in [-0.3, -0.25) is 0 Å². The van der Waals surface area contributed by atoms with Gasteiger partial charge in [-0.2, -0.15) is 0 Å². The highest BCUT2D eigenvalue weighted by molar-refractivity contribution is 6.31. The Kier molecular flexibility index (Phi) is 6.20. The van der Waals surface area contributed by atoms with Gasteiger partial charge in [0.05, 0.1) is 13.2 Å². The zero-order chi connectivity index (χ0) is 19.7. The Bertz CT molecular complexity index is 751. The number of rotatable bonds is 4. The Labute approximate surface area is 172 Å².